The van der Waals surface area contributed by atoms with Gasteiger partial charge in [-0.2, -0.15) is 4.39 Å². The molecule has 0 aliphatic rings. The molecular weight excluding hydrogens is 175 g/mol. The molecule has 0 amide bonds. The maximum Gasteiger partial charge on any atom is 0.332 e. The second kappa shape index (κ2) is 3.89. The van der Waals surface area contributed by atoms with Gasteiger partial charge < -0.3 is 9.47 Å². The van der Waals surface area contributed by atoms with E-state index in [1.165, 1.54) is 32.4 Å². The first-order chi connectivity index (χ1) is 6.19. The SMILES string of the molecule is COc1ccc(C(=O)F)cc1OC. The van der Waals surface area contributed by atoms with Gasteiger partial charge in [-0.25, -0.2) is 0 Å². The molecule has 0 bridgehead atoms. The van der Waals surface area contributed by atoms with E-state index in [1.54, 1.807) is 0 Å². The summed E-state index contributed by atoms with van der Waals surface area (Å²) in [4.78, 5) is 10.4. The van der Waals surface area contributed by atoms with E-state index in [1.807, 2.05) is 0 Å². The molecule has 0 N–H and O–H groups in total. The van der Waals surface area contributed by atoms with E-state index in [2.05, 4.69) is 0 Å². The molecule has 0 aliphatic heterocycles. The molecule has 0 aliphatic carbocycles. The monoisotopic (exact) mass is 184 g/mol. The van der Waals surface area contributed by atoms with E-state index >= 15 is 0 Å². The molecule has 70 valence electrons. The van der Waals surface area contributed by atoms with E-state index in [4.69, 9.17) is 9.47 Å². The number of carbonyl (C=O) groups is 1. The van der Waals surface area contributed by atoms with Crippen LogP contribution in [0, 0.1) is 0 Å². The van der Waals surface area contributed by atoms with Crippen LogP contribution in [0.25, 0.3) is 0 Å². The molecule has 0 unspecified atom stereocenters. The van der Waals surface area contributed by atoms with E-state index in [9.17, 15) is 9.18 Å². The summed E-state index contributed by atoms with van der Waals surface area (Å²) in [7, 11) is 2.89. The second-order valence-corrected chi connectivity index (χ2v) is 2.34. The largest absolute Gasteiger partial charge is 0.493 e. The van der Waals surface area contributed by atoms with Crippen LogP contribution in [0.4, 0.5) is 4.39 Å². The van der Waals surface area contributed by atoms with Gasteiger partial charge in [0.25, 0.3) is 0 Å². The minimum absolute atomic E-state index is 0.0438. The number of hydrogen-bond acceptors (Lipinski definition) is 3. The fraction of sp³-hybridized carbons (Fsp3) is 0.222. The van der Waals surface area contributed by atoms with Crippen LogP contribution in [-0.4, -0.2) is 20.3 Å². The Morgan fingerprint density at radius 3 is 2.31 bits per heavy atom. The molecule has 0 atom stereocenters. The molecule has 0 saturated heterocycles. The fourth-order valence-corrected chi connectivity index (χ4v) is 0.958. The number of halogens is 1. The number of carbonyl (C=O) groups excluding carboxylic acids is 1. The lowest BCUT2D eigenvalue weighted by Gasteiger charge is -2.06. The Morgan fingerprint density at radius 2 is 1.85 bits per heavy atom. The standard InChI is InChI=1S/C9H9FO3/c1-12-7-4-3-6(9(10)11)5-8(7)13-2/h3-5H,1-2H3. The highest BCUT2D eigenvalue weighted by Gasteiger charge is 2.08. The highest BCUT2D eigenvalue weighted by Crippen LogP contribution is 2.27. The van der Waals surface area contributed by atoms with Crippen molar-refractivity contribution < 1.29 is 18.7 Å². The summed E-state index contributed by atoms with van der Waals surface area (Å²) in [5.41, 5.74) is -0.0438. The molecule has 1 aromatic carbocycles. The number of methoxy groups -OCH3 is 2. The van der Waals surface area contributed by atoms with Crippen LogP contribution >= 0.6 is 0 Å². The van der Waals surface area contributed by atoms with Gasteiger partial charge in [0, 0.05) is 0 Å². The van der Waals surface area contributed by atoms with Crippen molar-refractivity contribution >= 4 is 6.04 Å². The molecule has 1 rings (SSSR count). The Bertz CT molecular complexity index is 323. The van der Waals surface area contributed by atoms with Crippen LogP contribution in [0.5, 0.6) is 11.5 Å². The van der Waals surface area contributed by atoms with Crippen molar-refractivity contribution in [2.75, 3.05) is 14.2 Å². The summed E-state index contributed by atoms with van der Waals surface area (Å²) >= 11 is 0. The van der Waals surface area contributed by atoms with Gasteiger partial charge >= 0.3 is 6.04 Å². The molecule has 0 saturated carbocycles. The zero-order valence-corrected chi connectivity index (χ0v) is 7.33. The minimum Gasteiger partial charge on any atom is -0.493 e. The van der Waals surface area contributed by atoms with Crippen LogP contribution in [-0.2, 0) is 0 Å². The highest BCUT2D eigenvalue weighted by molar-refractivity contribution is 5.89. The first-order valence-electron chi connectivity index (χ1n) is 3.61. The molecule has 4 heteroatoms. The molecule has 0 heterocycles. The maximum atomic E-state index is 12.3. The summed E-state index contributed by atoms with van der Waals surface area (Å²) in [6.07, 6.45) is 0. The number of benzene rings is 1. The molecule has 0 spiro atoms. The summed E-state index contributed by atoms with van der Waals surface area (Å²) in [5, 5.41) is 0. The van der Waals surface area contributed by atoms with Crippen molar-refractivity contribution in [1.82, 2.24) is 0 Å². The second-order valence-electron chi connectivity index (χ2n) is 2.34. The minimum atomic E-state index is -1.49. The Morgan fingerprint density at radius 1 is 1.23 bits per heavy atom. The van der Waals surface area contributed by atoms with Crippen molar-refractivity contribution in [2.24, 2.45) is 0 Å². The van der Waals surface area contributed by atoms with Crippen LogP contribution in [0.1, 0.15) is 10.4 Å². The fourth-order valence-electron chi connectivity index (χ4n) is 0.958. The predicted molar refractivity (Wildman–Crippen MR) is 45.0 cm³/mol. The van der Waals surface area contributed by atoms with Crippen LogP contribution in [0.3, 0.4) is 0 Å². The quantitative estimate of drug-likeness (QED) is 0.672. The third kappa shape index (κ3) is 1.96. The zero-order chi connectivity index (χ0) is 9.84. The Hall–Kier alpha value is -1.58. The zero-order valence-electron chi connectivity index (χ0n) is 7.33. The number of ether oxygens (including phenoxy) is 2. The average Bonchev–Trinajstić information content (AvgIpc) is 2.16. The number of hydrogen-bond donors (Lipinski definition) is 0. The molecule has 3 nitrogen and oxygen atoms in total. The molecule has 0 fully saturated rings. The first kappa shape index (κ1) is 9.51. The van der Waals surface area contributed by atoms with Crippen LogP contribution in [0.15, 0.2) is 18.2 Å². The van der Waals surface area contributed by atoms with Gasteiger partial charge in [-0.3, -0.25) is 4.79 Å². The number of rotatable bonds is 3. The summed E-state index contributed by atoms with van der Waals surface area (Å²) in [6.45, 7) is 0. The summed E-state index contributed by atoms with van der Waals surface area (Å²) < 4.78 is 22.0. The van der Waals surface area contributed by atoms with Gasteiger partial charge in [0.2, 0.25) is 0 Å². The van der Waals surface area contributed by atoms with Gasteiger partial charge in [0.15, 0.2) is 11.5 Å². The van der Waals surface area contributed by atoms with Crippen molar-refractivity contribution in [3.05, 3.63) is 23.8 Å². The Labute approximate surface area is 75.1 Å². The van der Waals surface area contributed by atoms with Crippen molar-refractivity contribution in [3.63, 3.8) is 0 Å². The summed E-state index contributed by atoms with van der Waals surface area (Å²) in [6, 6.07) is 2.62. The van der Waals surface area contributed by atoms with Gasteiger partial charge in [-0.05, 0) is 18.2 Å². The molecular formula is C9H9FO3. The van der Waals surface area contributed by atoms with E-state index < -0.39 is 6.04 Å². The van der Waals surface area contributed by atoms with Crippen molar-refractivity contribution in [1.29, 1.82) is 0 Å². The third-order valence-corrected chi connectivity index (χ3v) is 1.61. The van der Waals surface area contributed by atoms with E-state index in [0.717, 1.165) is 0 Å². The molecule has 1 aromatic rings. The maximum absolute atomic E-state index is 12.3. The van der Waals surface area contributed by atoms with Gasteiger partial charge in [-0.1, -0.05) is 0 Å². The normalized spacial score (nSPS) is 9.46. The first-order valence-corrected chi connectivity index (χ1v) is 3.61. The lowest BCUT2D eigenvalue weighted by Crippen LogP contribution is -1.94. The Kier molecular flexibility index (Phi) is 2.84. The van der Waals surface area contributed by atoms with Gasteiger partial charge in [0.05, 0.1) is 19.8 Å². The molecule has 0 aromatic heterocycles. The summed E-state index contributed by atoms with van der Waals surface area (Å²) in [5.74, 6) is 0.804. The smallest absolute Gasteiger partial charge is 0.332 e. The van der Waals surface area contributed by atoms with Gasteiger partial charge in [0.1, 0.15) is 0 Å². The molecule has 0 radical (unpaired) electrons. The third-order valence-electron chi connectivity index (χ3n) is 1.61. The molecule has 13 heavy (non-hydrogen) atoms. The van der Waals surface area contributed by atoms with E-state index in [0.29, 0.717) is 11.5 Å². The topological polar surface area (TPSA) is 35.5 Å². The lowest BCUT2D eigenvalue weighted by atomic mass is 10.2. The average molecular weight is 184 g/mol. The van der Waals surface area contributed by atoms with Gasteiger partial charge in [-0.15, -0.1) is 0 Å². The van der Waals surface area contributed by atoms with Crippen LogP contribution < -0.4 is 9.47 Å². The highest BCUT2D eigenvalue weighted by atomic mass is 19.1. The van der Waals surface area contributed by atoms with Crippen molar-refractivity contribution in [3.8, 4) is 11.5 Å². The predicted octanol–water partition coefficient (Wildman–Crippen LogP) is 1.81. The van der Waals surface area contributed by atoms with E-state index in [-0.39, 0.29) is 5.56 Å². The lowest BCUT2D eigenvalue weighted by molar-refractivity contribution is 0.0835. The van der Waals surface area contributed by atoms with Crippen LogP contribution in [0.2, 0.25) is 0 Å². The Balaban J connectivity index is 3.13. The van der Waals surface area contributed by atoms with Crippen molar-refractivity contribution in [2.45, 2.75) is 0 Å².